The first-order valence-electron chi connectivity index (χ1n) is 4.92. The number of aliphatic carboxylic acids is 1. The molecule has 1 aliphatic carbocycles. The number of carboxylic acids is 1. The van der Waals surface area contributed by atoms with Crippen molar-refractivity contribution >= 4 is 17.6 Å². The van der Waals surface area contributed by atoms with E-state index in [1.807, 2.05) is 0 Å². The number of carboxylic acid groups (broad SMARTS) is 1. The van der Waals surface area contributed by atoms with Crippen molar-refractivity contribution in [3.63, 3.8) is 0 Å². The van der Waals surface area contributed by atoms with Crippen LogP contribution in [0.15, 0.2) is 18.2 Å². The minimum atomic E-state index is -1.01. The summed E-state index contributed by atoms with van der Waals surface area (Å²) in [6.45, 7) is 0. The lowest BCUT2D eigenvalue weighted by molar-refractivity contribution is -0.146. The van der Waals surface area contributed by atoms with Crippen molar-refractivity contribution in [2.75, 3.05) is 0 Å². The fraction of sp³-hybridized carbons (Fsp3) is 0.364. The summed E-state index contributed by atoms with van der Waals surface area (Å²) in [6.07, 6.45) is 0.800. The summed E-state index contributed by atoms with van der Waals surface area (Å²) in [6, 6.07) is 3.63. The minimum Gasteiger partial charge on any atom is -0.478 e. The Hall–Kier alpha value is -1.29. The van der Waals surface area contributed by atoms with Gasteiger partial charge >= 0.3 is 5.97 Å². The Labute approximate surface area is 96.8 Å². The number of benzene rings is 1. The maximum absolute atomic E-state index is 12.8. The van der Waals surface area contributed by atoms with E-state index in [1.54, 1.807) is 0 Å². The van der Waals surface area contributed by atoms with E-state index in [0.717, 1.165) is 18.9 Å². The topological polar surface area (TPSA) is 46.5 Å². The maximum atomic E-state index is 12.8. The van der Waals surface area contributed by atoms with Crippen molar-refractivity contribution in [2.24, 2.45) is 5.92 Å². The summed E-state index contributed by atoms with van der Waals surface area (Å²) >= 11 is 5.75. The van der Waals surface area contributed by atoms with Crippen LogP contribution in [0.2, 0.25) is 5.02 Å². The third kappa shape index (κ3) is 2.44. The molecule has 1 aromatic carbocycles. The zero-order chi connectivity index (χ0) is 11.7. The van der Waals surface area contributed by atoms with E-state index in [9.17, 15) is 9.18 Å². The highest BCUT2D eigenvalue weighted by atomic mass is 35.5. The monoisotopic (exact) mass is 244 g/mol. The molecule has 0 spiro atoms. The smallest absolute Gasteiger partial charge is 0.345 e. The summed E-state index contributed by atoms with van der Waals surface area (Å²) < 4.78 is 18.0. The van der Waals surface area contributed by atoms with E-state index in [-0.39, 0.29) is 16.7 Å². The molecule has 3 nitrogen and oxygen atoms in total. The molecule has 0 bridgehead atoms. The van der Waals surface area contributed by atoms with Crippen LogP contribution in [0.3, 0.4) is 0 Å². The summed E-state index contributed by atoms with van der Waals surface area (Å²) in [5.74, 6) is -1.24. The van der Waals surface area contributed by atoms with Crippen molar-refractivity contribution in [3.05, 3.63) is 29.0 Å². The molecule has 5 heteroatoms. The summed E-state index contributed by atoms with van der Waals surface area (Å²) in [5, 5.41) is 9.04. The summed E-state index contributed by atoms with van der Waals surface area (Å²) in [4.78, 5) is 10.9. The number of carbonyl (C=O) groups is 1. The third-order valence-electron chi connectivity index (χ3n) is 2.44. The van der Waals surface area contributed by atoms with Crippen molar-refractivity contribution in [1.29, 1.82) is 0 Å². The molecule has 86 valence electrons. The largest absolute Gasteiger partial charge is 0.478 e. The van der Waals surface area contributed by atoms with Crippen LogP contribution in [-0.2, 0) is 4.79 Å². The van der Waals surface area contributed by atoms with Crippen molar-refractivity contribution in [3.8, 4) is 5.75 Å². The van der Waals surface area contributed by atoms with Crippen LogP contribution in [0, 0.1) is 11.7 Å². The average molecular weight is 245 g/mol. The first-order chi connectivity index (χ1) is 7.58. The van der Waals surface area contributed by atoms with Gasteiger partial charge in [0.15, 0.2) is 6.10 Å². The molecule has 1 aliphatic rings. The Bertz CT molecular complexity index is 418. The number of halogens is 2. The van der Waals surface area contributed by atoms with Crippen LogP contribution in [-0.4, -0.2) is 17.2 Å². The normalized spacial score (nSPS) is 16.9. The van der Waals surface area contributed by atoms with Crippen molar-refractivity contribution < 1.29 is 19.0 Å². The van der Waals surface area contributed by atoms with Crippen LogP contribution >= 0.6 is 11.6 Å². The van der Waals surface area contributed by atoms with E-state index >= 15 is 0 Å². The molecule has 1 fully saturated rings. The van der Waals surface area contributed by atoms with Crippen molar-refractivity contribution in [2.45, 2.75) is 18.9 Å². The highest BCUT2D eigenvalue weighted by Crippen LogP contribution is 2.36. The van der Waals surface area contributed by atoms with Crippen LogP contribution in [0.1, 0.15) is 12.8 Å². The second-order valence-corrected chi connectivity index (χ2v) is 4.20. The summed E-state index contributed by atoms with van der Waals surface area (Å²) in [5.41, 5.74) is 0. The van der Waals surface area contributed by atoms with Gasteiger partial charge in [-0.25, -0.2) is 9.18 Å². The molecular formula is C11H10ClFO3. The molecule has 1 saturated carbocycles. The molecule has 1 atom stereocenters. The van der Waals surface area contributed by atoms with Gasteiger partial charge < -0.3 is 9.84 Å². The third-order valence-corrected chi connectivity index (χ3v) is 2.74. The van der Waals surface area contributed by atoms with Gasteiger partial charge in [-0.05, 0) is 31.0 Å². The molecule has 1 aromatic rings. The minimum absolute atomic E-state index is 0.0404. The molecule has 0 aromatic heterocycles. The van der Waals surface area contributed by atoms with Crippen LogP contribution < -0.4 is 4.74 Å². The van der Waals surface area contributed by atoms with Crippen LogP contribution in [0.4, 0.5) is 4.39 Å². The van der Waals surface area contributed by atoms with Gasteiger partial charge in [-0.1, -0.05) is 11.6 Å². The molecule has 16 heavy (non-hydrogen) atoms. The average Bonchev–Trinajstić information content (AvgIpc) is 2.99. The van der Waals surface area contributed by atoms with Gasteiger partial charge in [0.05, 0.1) is 5.02 Å². The molecule has 0 saturated heterocycles. The first-order valence-corrected chi connectivity index (χ1v) is 5.30. The maximum Gasteiger partial charge on any atom is 0.345 e. The Morgan fingerprint density at radius 3 is 2.75 bits per heavy atom. The van der Waals surface area contributed by atoms with Gasteiger partial charge in [-0.3, -0.25) is 0 Å². The van der Waals surface area contributed by atoms with Gasteiger partial charge in [0.2, 0.25) is 0 Å². The standard InChI is InChI=1S/C11H10ClFO3/c12-8-5-7(13)3-4-9(8)16-10(11(14)15)6-1-2-6/h3-6,10H,1-2H2,(H,14,15). The lowest BCUT2D eigenvalue weighted by atomic mass is 10.2. The quantitative estimate of drug-likeness (QED) is 0.886. The molecule has 0 radical (unpaired) electrons. The number of ether oxygens (including phenoxy) is 1. The highest BCUT2D eigenvalue weighted by molar-refractivity contribution is 6.32. The fourth-order valence-corrected chi connectivity index (χ4v) is 1.67. The zero-order valence-corrected chi connectivity index (χ0v) is 9.08. The predicted molar refractivity (Wildman–Crippen MR) is 56.2 cm³/mol. The van der Waals surface area contributed by atoms with Gasteiger partial charge in [0.1, 0.15) is 11.6 Å². The second kappa shape index (κ2) is 4.29. The first kappa shape index (κ1) is 11.2. The predicted octanol–water partition coefficient (Wildman–Crippen LogP) is 2.72. The molecule has 0 aliphatic heterocycles. The molecule has 1 unspecified atom stereocenters. The second-order valence-electron chi connectivity index (χ2n) is 3.79. The highest BCUT2D eigenvalue weighted by Gasteiger charge is 2.38. The zero-order valence-electron chi connectivity index (χ0n) is 8.32. The Balaban J connectivity index is 2.15. The number of rotatable bonds is 4. The van der Waals surface area contributed by atoms with E-state index in [4.69, 9.17) is 21.4 Å². The fourth-order valence-electron chi connectivity index (χ4n) is 1.45. The molecule has 1 N–H and O–H groups in total. The van der Waals surface area contributed by atoms with Gasteiger partial charge in [0, 0.05) is 5.92 Å². The molecule has 0 heterocycles. The lowest BCUT2D eigenvalue weighted by Gasteiger charge is -2.15. The lowest BCUT2D eigenvalue weighted by Crippen LogP contribution is -2.29. The SMILES string of the molecule is O=C(O)C(Oc1ccc(F)cc1Cl)C1CC1. The molecule has 2 rings (SSSR count). The van der Waals surface area contributed by atoms with E-state index < -0.39 is 17.9 Å². The van der Waals surface area contributed by atoms with Gasteiger partial charge in [-0.15, -0.1) is 0 Å². The number of hydrogen-bond acceptors (Lipinski definition) is 2. The van der Waals surface area contributed by atoms with Gasteiger partial charge in [-0.2, -0.15) is 0 Å². The Morgan fingerprint density at radius 2 is 2.25 bits per heavy atom. The van der Waals surface area contributed by atoms with E-state index in [2.05, 4.69) is 0 Å². The van der Waals surface area contributed by atoms with E-state index in [0.29, 0.717) is 0 Å². The molecule has 0 amide bonds. The van der Waals surface area contributed by atoms with Crippen LogP contribution in [0.25, 0.3) is 0 Å². The van der Waals surface area contributed by atoms with Crippen molar-refractivity contribution in [1.82, 2.24) is 0 Å². The van der Waals surface area contributed by atoms with Crippen LogP contribution in [0.5, 0.6) is 5.75 Å². The Kier molecular flexibility index (Phi) is 3.01. The molecular weight excluding hydrogens is 235 g/mol. The summed E-state index contributed by atoms with van der Waals surface area (Å²) in [7, 11) is 0. The number of hydrogen-bond donors (Lipinski definition) is 1. The van der Waals surface area contributed by atoms with E-state index in [1.165, 1.54) is 12.1 Å². The Morgan fingerprint density at radius 1 is 1.56 bits per heavy atom. The van der Waals surface area contributed by atoms with Gasteiger partial charge in [0.25, 0.3) is 0 Å².